The molecule has 6 heavy (non-hydrogen) atoms. The van der Waals surface area contributed by atoms with Crippen molar-refractivity contribution in [1.82, 2.24) is 0 Å². The summed E-state index contributed by atoms with van der Waals surface area (Å²) in [4.78, 5) is 8.56. The molecule has 0 amide bonds. The van der Waals surface area contributed by atoms with Gasteiger partial charge >= 0.3 is 43.9 Å². The van der Waals surface area contributed by atoms with Crippen molar-refractivity contribution < 1.29 is 17.9 Å². The molecular formula is CH5BrCaO3. The van der Waals surface area contributed by atoms with Crippen molar-refractivity contribution in [3.05, 3.63) is 0 Å². The second-order valence-corrected chi connectivity index (χ2v) is 0.283. The Labute approximate surface area is 78.1 Å². The first-order valence-electron chi connectivity index (χ1n) is 0.651. The molecule has 0 spiro atoms. The van der Waals surface area contributed by atoms with Crippen LogP contribution in [0.2, 0.25) is 0 Å². The van der Waals surface area contributed by atoms with Crippen LogP contribution in [0.25, 0.3) is 0 Å². The van der Waals surface area contributed by atoms with E-state index in [9.17, 15) is 0 Å². The molecule has 3 nitrogen and oxygen atoms in total. The molecule has 36 valence electrons. The van der Waals surface area contributed by atoms with Crippen LogP contribution in [-0.2, 0) is 0 Å². The Balaban J connectivity index is -0.00000000750. The number of carbonyl (C=O) groups is 1. The normalized spacial score (nSPS) is 4.00. The van der Waals surface area contributed by atoms with Gasteiger partial charge in [-0.15, -0.1) is 17.0 Å². The van der Waals surface area contributed by atoms with E-state index >= 15 is 0 Å². The van der Waals surface area contributed by atoms with Gasteiger partial charge in [0.2, 0.25) is 0 Å². The molecule has 0 unspecified atom stereocenters. The number of halogens is 1. The van der Waals surface area contributed by atoms with Crippen molar-refractivity contribution in [1.29, 1.82) is 0 Å². The maximum Gasteiger partial charge on any atom is 2.00 e. The van der Waals surface area contributed by atoms with Gasteiger partial charge in [-0.1, -0.05) is 0 Å². The van der Waals surface area contributed by atoms with Crippen LogP contribution in [0.4, 0.5) is 4.79 Å². The van der Waals surface area contributed by atoms with Crippen molar-refractivity contribution in [3.8, 4) is 0 Å². The summed E-state index contributed by atoms with van der Waals surface area (Å²) >= 11 is 0. The Hall–Kier alpha value is 1.01. The van der Waals surface area contributed by atoms with Gasteiger partial charge in [0.05, 0.1) is 0 Å². The Kier molecular flexibility index (Phi) is 24.6. The van der Waals surface area contributed by atoms with E-state index in [-0.39, 0.29) is 57.6 Å². The molecule has 5 heteroatoms. The monoisotopic (exact) mass is 184 g/mol. The van der Waals surface area contributed by atoms with E-state index in [1.54, 1.807) is 0 Å². The first-order valence-corrected chi connectivity index (χ1v) is 0.651. The Morgan fingerprint density at radius 3 is 1.50 bits per heavy atom. The van der Waals surface area contributed by atoms with Crippen molar-refractivity contribution >= 4 is 60.9 Å². The summed E-state index contributed by atoms with van der Waals surface area (Å²) in [6.07, 6.45) is -1.83. The molecule has 0 aromatic carbocycles. The van der Waals surface area contributed by atoms with Crippen LogP contribution in [0.5, 0.6) is 0 Å². The van der Waals surface area contributed by atoms with Gasteiger partial charge in [0.1, 0.15) is 0 Å². The molecule has 0 aliphatic carbocycles. The zero-order valence-electron chi connectivity index (χ0n) is 4.92. The van der Waals surface area contributed by atoms with Crippen LogP contribution in [0, 0.1) is 0 Å². The van der Waals surface area contributed by atoms with Crippen molar-refractivity contribution in [2.24, 2.45) is 0 Å². The van der Waals surface area contributed by atoms with Gasteiger partial charge in [0.25, 0.3) is 0 Å². The molecule has 2 N–H and O–H groups in total. The van der Waals surface area contributed by atoms with Crippen molar-refractivity contribution in [2.45, 2.75) is 0 Å². The van der Waals surface area contributed by atoms with Crippen molar-refractivity contribution in [2.75, 3.05) is 0 Å². The van der Waals surface area contributed by atoms with Crippen molar-refractivity contribution in [3.63, 3.8) is 0 Å². The third-order valence-electron chi connectivity index (χ3n) is 0. The van der Waals surface area contributed by atoms with Crippen LogP contribution in [0.1, 0.15) is 2.85 Å². The molecule has 0 aromatic heterocycles. The summed E-state index contributed by atoms with van der Waals surface area (Å²) in [5.74, 6) is 0. The summed E-state index contributed by atoms with van der Waals surface area (Å²) in [6, 6.07) is 0. The fourth-order valence-corrected chi connectivity index (χ4v) is 0. The molecule has 0 fully saturated rings. The maximum absolute atomic E-state index is 8.56. The predicted molar refractivity (Wildman–Crippen MR) is 29.0 cm³/mol. The molecule has 0 heterocycles. The summed E-state index contributed by atoms with van der Waals surface area (Å²) in [5, 5.41) is 13.9. The van der Waals surface area contributed by atoms with Crippen LogP contribution < -0.4 is 0 Å². The molecule has 0 saturated carbocycles. The zero-order chi connectivity index (χ0) is 3.58. The topological polar surface area (TPSA) is 57.5 Å². The van der Waals surface area contributed by atoms with Gasteiger partial charge in [-0.2, -0.15) is 0 Å². The van der Waals surface area contributed by atoms with Gasteiger partial charge in [-0.25, -0.2) is 4.79 Å². The molecule has 0 bridgehead atoms. The van der Waals surface area contributed by atoms with E-state index in [1.165, 1.54) is 0 Å². The summed E-state index contributed by atoms with van der Waals surface area (Å²) in [5.41, 5.74) is 0. The third-order valence-corrected chi connectivity index (χ3v) is 0. The largest absolute Gasteiger partial charge is 2.00 e. The molecule has 0 atom stereocenters. The average molecular weight is 185 g/mol. The summed E-state index contributed by atoms with van der Waals surface area (Å²) in [6.45, 7) is 0. The first kappa shape index (κ1) is 15.7. The minimum absolute atomic E-state index is 0. The number of carboxylic acid groups (broad SMARTS) is 2. The smallest absolute Gasteiger partial charge is 1.00 e. The number of rotatable bonds is 0. The Bertz CT molecular complexity index is 40.3. The maximum atomic E-state index is 8.56. The molecule has 0 aliphatic heterocycles. The van der Waals surface area contributed by atoms with E-state index in [0.717, 1.165) is 0 Å². The second-order valence-electron chi connectivity index (χ2n) is 0.283. The van der Waals surface area contributed by atoms with Gasteiger partial charge in [-0.05, 0) is 0 Å². The zero-order valence-corrected chi connectivity index (χ0v) is 6.84. The Morgan fingerprint density at radius 2 is 1.50 bits per heavy atom. The molecule has 0 aromatic rings. The summed E-state index contributed by atoms with van der Waals surface area (Å²) < 4.78 is 0. The molecule has 0 aliphatic rings. The van der Waals surface area contributed by atoms with E-state index in [4.69, 9.17) is 15.0 Å². The van der Waals surface area contributed by atoms with E-state index in [1.807, 2.05) is 0 Å². The number of hydrogen-bond donors (Lipinski definition) is 2. The van der Waals surface area contributed by atoms with Gasteiger partial charge < -0.3 is 13.1 Å². The molecule has 0 rings (SSSR count). The average Bonchev–Trinajstić information content (AvgIpc) is 0.811. The van der Waals surface area contributed by atoms with E-state index in [2.05, 4.69) is 0 Å². The Morgan fingerprint density at radius 1 is 1.50 bits per heavy atom. The van der Waals surface area contributed by atoms with Gasteiger partial charge in [-0.3, -0.25) is 0 Å². The number of hydrogen-bond acceptors (Lipinski definition) is 1. The van der Waals surface area contributed by atoms with Crippen LogP contribution in [0.15, 0.2) is 0 Å². The van der Waals surface area contributed by atoms with Crippen LogP contribution >= 0.6 is 17.0 Å². The minimum atomic E-state index is -1.83. The van der Waals surface area contributed by atoms with E-state index in [0.29, 0.717) is 0 Å². The molecular weight excluding hydrogens is 180 g/mol. The van der Waals surface area contributed by atoms with Gasteiger partial charge in [0, 0.05) is 0 Å². The standard InChI is InChI=1S/CH2O3.BrH.Ca.2H/c2-1(3)4;;;;/h(H2,2,3,4);1H;;;/q;;+2;2*-1. The van der Waals surface area contributed by atoms with Crippen LogP contribution in [0.3, 0.4) is 0 Å². The van der Waals surface area contributed by atoms with Gasteiger partial charge in [0.15, 0.2) is 0 Å². The first-order chi connectivity index (χ1) is 1.73. The fraction of sp³-hybridized carbons (Fsp3) is 0. The molecule has 0 radical (unpaired) electrons. The van der Waals surface area contributed by atoms with E-state index < -0.39 is 6.16 Å². The fourth-order valence-electron chi connectivity index (χ4n) is 0. The predicted octanol–water partition coefficient (Wildman–Crippen LogP) is 0.644. The minimum Gasteiger partial charge on any atom is -1.00 e. The van der Waals surface area contributed by atoms with Crippen LogP contribution in [-0.4, -0.2) is 54.1 Å². The SMILES string of the molecule is Br.O=C(O)O.[Ca+2].[H-].[H-]. The quantitative estimate of drug-likeness (QED) is 0.544. The summed E-state index contributed by atoms with van der Waals surface area (Å²) in [7, 11) is 0. The molecule has 0 saturated heterocycles. The second kappa shape index (κ2) is 9.38. The third kappa shape index (κ3) is 79.0.